The average molecular weight is 382 g/mol. The van der Waals surface area contributed by atoms with E-state index in [0.717, 1.165) is 48.8 Å². The van der Waals surface area contributed by atoms with E-state index >= 15 is 0 Å². The molecule has 0 radical (unpaired) electrons. The van der Waals surface area contributed by atoms with Crippen molar-refractivity contribution in [2.24, 2.45) is 0 Å². The predicted octanol–water partition coefficient (Wildman–Crippen LogP) is 4.26. The van der Waals surface area contributed by atoms with Crippen molar-refractivity contribution < 1.29 is 17.9 Å². The Kier molecular flexibility index (Phi) is 4.42. The van der Waals surface area contributed by atoms with E-state index in [1.165, 1.54) is 6.26 Å². The zero-order valence-corrected chi connectivity index (χ0v) is 16.1. The SMILES string of the molecule is CS(=O)(=O)c1ccc(C2=C(c3ccccc3)C(=O)OC23CCCCC3)cc1. The molecule has 4 rings (SSSR count). The highest BCUT2D eigenvalue weighted by atomic mass is 32.2. The summed E-state index contributed by atoms with van der Waals surface area (Å²) in [5.74, 6) is -0.287. The van der Waals surface area contributed by atoms with Gasteiger partial charge in [-0.2, -0.15) is 0 Å². The molecule has 0 amide bonds. The van der Waals surface area contributed by atoms with Gasteiger partial charge in [-0.1, -0.05) is 48.9 Å². The minimum absolute atomic E-state index is 0.274. The quantitative estimate of drug-likeness (QED) is 0.744. The third-order valence-electron chi connectivity index (χ3n) is 5.49. The van der Waals surface area contributed by atoms with E-state index in [1.807, 2.05) is 30.3 Å². The molecule has 0 saturated heterocycles. The lowest BCUT2D eigenvalue weighted by atomic mass is 9.75. The lowest BCUT2D eigenvalue weighted by molar-refractivity contribution is -0.146. The molecule has 0 unspecified atom stereocenters. The smallest absolute Gasteiger partial charge is 0.340 e. The van der Waals surface area contributed by atoms with Crippen molar-refractivity contribution in [2.45, 2.75) is 42.6 Å². The first-order valence-electron chi connectivity index (χ1n) is 9.25. The molecular weight excluding hydrogens is 360 g/mol. The maximum atomic E-state index is 12.9. The number of benzene rings is 2. The van der Waals surface area contributed by atoms with E-state index in [1.54, 1.807) is 24.3 Å². The number of hydrogen-bond acceptors (Lipinski definition) is 4. The number of hydrogen-bond donors (Lipinski definition) is 0. The molecule has 1 heterocycles. The molecule has 1 aliphatic heterocycles. The summed E-state index contributed by atoms with van der Waals surface area (Å²) >= 11 is 0. The number of sulfone groups is 1. The van der Waals surface area contributed by atoms with Gasteiger partial charge < -0.3 is 4.74 Å². The molecule has 0 bridgehead atoms. The first-order chi connectivity index (χ1) is 12.9. The minimum atomic E-state index is -3.27. The van der Waals surface area contributed by atoms with Gasteiger partial charge in [-0.15, -0.1) is 0 Å². The molecule has 1 spiro atoms. The standard InChI is InChI=1S/C22H22O4S/c1-27(24,25)18-12-10-17(11-13-18)20-19(16-8-4-2-5-9-16)21(23)26-22(20)14-6-3-7-15-22/h2,4-5,8-13H,3,6-7,14-15H2,1H3. The fraction of sp³-hybridized carbons (Fsp3) is 0.318. The van der Waals surface area contributed by atoms with Crippen molar-refractivity contribution in [3.05, 3.63) is 65.7 Å². The van der Waals surface area contributed by atoms with Gasteiger partial charge in [0.25, 0.3) is 0 Å². The van der Waals surface area contributed by atoms with Crippen LogP contribution in [0.15, 0.2) is 59.5 Å². The van der Waals surface area contributed by atoms with E-state index in [4.69, 9.17) is 4.74 Å². The van der Waals surface area contributed by atoms with Crippen LogP contribution < -0.4 is 0 Å². The zero-order chi connectivity index (χ0) is 19.1. The molecule has 4 nitrogen and oxygen atoms in total. The van der Waals surface area contributed by atoms with Crippen molar-refractivity contribution in [3.8, 4) is 0 Å². The predicted molar refractivity (Wildman–Crippen MR) is 105 cm³/mol. The van der Waals surface area contributed by atoms with Crippen LogP contribution in [-0.2, 0) is 19.4 Å². The Bertz CT molecular complexity index is 996. The molecular formula is C22H22O4S. The Hall–Kier alpha value is -2.40. The van der Waals surface area contributed by atoms with Gasteiger partial charge in [0.2, 0.25) is 0 Å². The first kappa shape index (κ1) is 18.0. The van der Waals surface area contributed by atoms with Crippen LogP contribution in [0.2, 0.25) is 0 Å². The summed E-state index contributed by atoms with van der Waals surface area (Å²) in [6, 6.07) is 16.4. The fourth-order valence-corrected chi connectivity index (χ4v) is 4.86. The van der Waals surface area contributed by atoms with E-state index in [9.17, 15) is 13.2 Å². The van der Waals surface area contributed by atoms with E-state index in [0.29, 0.717) is 5.57 Å². The number of rotatable bonds is 3. The molecule has 140 valence electrons. The van der Waals surface area contributed by atoms with Crippen molar-refractivity contribution in [2.75, 3.05) is 6.26 Å². The molecule has 2 aromatic carbocycles. The highest BCUT2D eigenvalue weighted by Gasteiger charge is 2.48. The van der Waals surface area contributed by atoms with Gasteiger partial charge in [-0.25, -0.2) is 13.2 Å². The summed E-state index contributed by atoms with van der Waals surface area (Å²) in [6.45, 7) is 0. The third kappa shape index (κ3) is 3.21. The Morgan fingerprint density at radius 2 is 1.48 bits per heavy atom. The van der Waals surface area contributed by atoms with Crippen molar-refractivity contribution in [1.82, 2.24) is 0 Å². The molecule has 0 atom stereocenters. The summed E-state index contributed by atoms with van der Waals surface area (Å²) in [7, 11) is -3.27. The van der Waals surface area contributed by atoms with E-state index in [-0.39, 0.29) is 10.9 Å². The Morgan fingerprint density at radius 3 is 2.07 bits per heavy atom. The summed E-state index contributed by atoms with van der Waals surface area (Å²) in [6.07, 6.45) is 5.97. The Labute approximate surface area is 159 Å². The normalized spacial score (nSPS) is 19.4. The average Bonchev–Trinajstić information content (AvgIpc) is 2.93. The van der Waals surface area contributed by atoms with E-state index in [2.05, 4.69) is 0 Å². The van der Waals surface area contributed by atoms with Crippen LogP contribution in [0.1, 0.15) is 43.2 Å². The molecule has 2 aliphatic rings. The van der Waals surface area contributed by atoms with Gasteiger partial charge in [0.15, 0.2) is 9.84 Å². The second-order valence-corrected chi connectivity index (χ2v) is 9.37. The second-order valence-electron chi connectivity index (χ2n) is 7.36. The van der Waals surface area contributed by atoms with Gasteiger partial charge in [0, 0.05) is 11.8 Å². The molecule has 1 aliphatic carbocycles. The second kappa shape index (κ2) is 6.64. The number of esters is 1. The number of carbonyl (C=O) groups is 1. The van der Waals surface area contributed by atoms with Crippen molar-refractivity contribution in [1.29, 1.82) is 0 Å². The number of ether oxygens (including phenoxy) is 1. The first-order valence-corrected chi connectivity index (χ1v) is 11.1. The maximum absolute atomic E-state index is 12.9. The summed E-state index contributed by atoms with van der Waals surface area (Å²) in [5, 5.41) is 0. The van der Waals surface area contributed by atoms with Crippen LogP contribution in [0.4, 0.5) is 0 Å². The molecule has 1 saturated carbocycles. The van der Waals surface area contributed by atoms with Gasteiger partial charge in [-0.05, 0) is 48.9 Å². The highest BCUT2D eigenvalue weighted by Crippen LogP contribution is 2.51. The van der Waals surface area contributed by atoms with Gasteiger partial charge in [-0.3, -0.25) is 0 Å². The van der Waals surface area contributed by atoms with Crippen LogP contribution in [0, 0.1) is 0 Å². The Morgan fingerprint density at radius 1 is 0.852 bits per heavy atom. The minimum Gasteiger partial charge on any atom is -0.451 e. The van der Waals surface area contributed by atoms with E-state index < -0.39 is 15.4 Å². The van der Waals surface area contributed by atoms with Crippen LogP contribution in [0.5, 0.6) is 0 Å². The van der Waals surface area contributed by atoms with Gasteiger partial charge in [0.05, 0.1) is 10.5 Å². The fourth-order valence-electron chi connectivity index (χ4n) is 4.23. The molecule has 0 aromatic heterocycles. The molecule has 0 N–H and O–H groups in total. The summed E-state index contributed by atoms with van der Waals surface area (Å²) in [5.41, 5.74) is 2.59. The van der Waals surface area contributed by atoms with Crippen LogP contribution in [0.25, 0.3) is 11.1 Å². The molecule has 27 heavy (non-hydrogen) atoms. The molecule has 5 heteroatoms. The van der Waals surface area contributed by atoms with Gasteiger partial charge >= 0.3 is 5.97 Å². The largest absolute Gasteiger partial charge is 0.451 e. The van der Waals surface area contributed by atoms with Crippen LogP contribution in [0.3, 0.4) is 0 Å². The highest BCUT2D eigenvalue weighted by molar-refractivity contribution is 7.90. The summed E-state index contributed by atoms with van der Waals surface area (Å²) in [4.78, 5) is 13.2. The monoisotopic (exact) mass is 382 g/mol. The van der Waals surface area contributed by atoms with Crippen LogP contribution >= 0.6 is 0 Å². The number of carbonyl (C=O) groups excluding carboxylic acids is 1. The zero-order valence-electron chi connectivity index (χ0n) is 15.3. The van der Waals surface area contributed by atoms with Crippen LogP contribution in [-0.4, -0.2) is 26.2 Å². The molecule has 2 aromatic rings. The summed E-state index contributed by atoms with van der Waals surface area (Å²) < 4.78 is 29.6. The molecule has 1 fully saturated rings. The topological polar surface area (TPSA) is 60.4 Å². The Balaban J connectivity index is 1.92. The lowest BCUT2D eigenvalue weighted by Crippen LogP contribution is -2.33. The third-order valence-corrected chi connectivity index (χ3v) is 6.62. The maximum Gasteiger partial charge on any atom is 0.340 e. The van der Waals surface area contributed by atoms with Gasteiger partial charge in [0.1, 0.15) is 5.60 Å². The lowest BCUT2D eigenvalue weighted by Gasteiger charge is -2.34. The van der Waals surface area contributed by atoms with Crippen molar-refractivity contribution >= 4 is 27.0 Å². The van der Waals surface area contributed by atoms with Crippen molar-refractivity contribution in [3.63, 3.8) is 0 Å².